The van der Waals surface area contributed by atoms with Crippen molar-refractivity contribution >= 4 is 5.97 Å². The first-order valence-electron chi connectivity index (χ1n) is 6.63. The molecule has 2 aliphatic carbocycles. The highest BCUT2D eigenvalue weighted by Gasteiger charge is 2.43. The first-order chi connectivity index (χ1) is 7.64. The van der Waals surface area contributed by atoms with Crippen LogP contribution in [-0.2, 0) is 4.79 Å². The number of rotatable bonds is 3. The quantitative estimate of drug-likeness (QED) is 0.776. The number of hydrogen-bond donors (Lipinski definition) is 2. The number of carboxylic acids is 1. The maximum atomic E-state index is 10.9. The second-order valence-corrected chi connectivity index (χ2v) is 5.59. The van der Waals surface area contributed by atoms with Crippen molar-refractivity contribution in [2.24, 2.45) is 5.41 Å². The Balaban J connectivity index is 2.02. The van der Waals surface area contributed by atoms with Gasteiger partial charge < -0.3 is 10.4 Å². The molecule has 0 bridgehead atoms. The van der Waals surface area contributed by atoms with E-state index in [9.17, 15) is 4.79 Å². The average molecular weight is 225 g/mol. The van der Waals surface area contributed by atoms with E-state index in [0.29, 0.717) is 11.5 Å². The van der Waals surface area contributed by atoms with Gasteiger partial charge in [-0.2, -0.15) is 0 Å². The fraction of sp³-hybridized carbons (Fsp3) is 0.923. The monoisotopic (exact) mass is 225 g/mol. The zero-order valence-electron chi connectivity index (χ0n) is 10.2. The molecule has 1 unspecified atom stereocenters. The molecule has 3 nitrogen and oxygen atoms in total. The van der Waals surface area contributed by atoms with Gasteiger partial charge in [0.25, 0.3) is 0 Å². The van der Waals surface area contributed by atoms with Gasteiger partial charge in [0.2, 0.25) is 0 Å². The normalized spacial score (nSPS) is 30.4. The molecule has 92 valence electrons. The van der Waals surface area contributed by atoms with Gasteiger partial charge in [-0.25, -0.2) is 0 Å². The van der Waals surface area contributed by atoms with Crippen LogP contribution < -0.4 is 5.32 Å². The Bertz CT molecular complexity index is 259. The Morgan fingerprint density at radius 2 is 1.81 bits per heavy atom. The van der Waals surface area contributed by atoms with E-state index in [1.807, 2.05) is 0 Å². The van der Waals surface area contributed by atoms with Crippen LogP contribution in [0, 0.1) is 5.41 Å². The molecule has 0 heterocycles. The number of carboxylic acid groups (broad SMARTS) is 1. The smallest absolute Gasteiger partial charge is 0.320 e. The van der Waals surface area contributed by atoms with E-state index in [0.717, 1.165) is 6.42 Å². The van der Waals surface area contributed by atoms with Crippen molar-refractivity contribution in [3.63, 3.8) is 0 Å². The minimum Gasteiger partial charge on any atom is -0.480 e. The van der Waals surface area contributed by atoms with Gasteiger partial charge in [0, 0.05) is 6.04 Å². The summed E-state index contributed by atoms with van der Waals surface area (Å²) in [5.41, 5.74) is 0.432. The topological polar surface area (TPSA) is 49.3 Å². The molecule has 0 aromatic rings. The zero-order chi connectivity index (χ0) is 11.6. The summed E-state index contributed by atoms with van der Waals surface area (Å²) in [6, 6.07) is 0.0374. The molecule has 3 heteroatoms. The maximum absolute atomic E-state index is 10.9. The van der Waals surface area contributed by atoms with E-state index in [4.69, 9.17) is 5.11 Å². The van der Waals surface area contributed by atoms with Gasteiger partial charge in [-0.1, -0.05) is 25.7 Å². The van der Waals surface area contributed by atoms with Gasteiger partial charge in [-0.3, -0.25) is 4.79 Å². The highest BCUT2D eigenvalue weighted by molar-refractivity contribution is 5.72. The zero-order valence-corrected chi connectivity index (χ0v) is 10.2. The van der Waals surface area contributed by atoms with Crippen LogP contribution in [0.3, 0.4) is 0 Å². The third-order valence-electron chi connectivity index (χ3n) is 4.58. The van der Waals surface area contributed by atoms with Crippen molar-refractivity contribution in [3.05, 3.63) is 0 Å². The molecule has 2 saturated carbocycles. The Hall–Kier alpha value is -0.570. The molecule has 0 aliphatic heterocycles. The molecule has 2 rings (SSSR count). The summed E-state index contributed by atoms with van der Waals surface area (Å²) >= 11 is 0. The third-order valence-corrected chi connectivity index (χ3v) is 4.58. The SMILES string of the molecule is C[C@H](NC1CCCCC12CCCC2)C(=O)O. The summed E-state index contributed by atoms with van der Waals surface area (Å²) < 4.78 is 0. The van der Waals surface area contributed by atoms with E-state index in [1.54, 1.807) is 6.92 Å². The summed E-state index contributed by atoms with van der Waals surface area (Å²) in [7, 11) is 0. The van der Waals surface area contributed by atoms with Gasteiger partial charge in [0.1, 0.15) is 6.04 Å². The number of nitrogens with one attached hydrogen (secondary N) is 1. The fourth-order valence-electron chi connectivity index (χ4n) is 3.62. The lowest BCUT2D eigenvalue weighted by molar-refractivity contribution is -0.139. The van der Waals surface area contributed by atoms with Crippen LogP contribution in [0.2, 0.25) is 0 Å². The summed E-state index contributed by atoms with van der Waals surface area (Å²) in [6.45, 7) is 1.76. The molecule has 2 aliphatic rings. The van der Waals surface area contributed by atoms with Crippen LogP contribution in [0.15, 0.2) is 0 Å². The van der Waals surface area contributed by atoms with E-state index in [1.165, 1.54) is 44.9 Å². The molecule has 0 aromatic carbocycles. The minimum absolute atomic E-state index is 0.402. The van der Waals surface area contributed by atoms with Gasteiger partial charge in [0.15, 0.2) is 0 Å². The highest BCUT2D eigenvalue weighted by Crippen LogP contribution is 2.49. The lowest BCUT2D eigenvalue weighted by Crippen LogP contribution is -2.51. The number of aliphatic carboxylic acids is 1. The van der Waals surface area contributed by atoms with E-state index in [-0.39, 0.29) is 0 Å². The second kappa shape index (κ2) is 4.74. The summed E-state index contributed by atoms with van der Waals surface area (Å²) in [6.07, 6.45) is 10.3. The van der Waals surface area contributed by atoms with Crippen molar-refractivity contribution in [3.8, 4) is 0 Å². The molecule has 0 aromatic heterocycles. The van der Waals surface area contributed by atoms with Gasteiger partial charge in [-0.15, -0.1) is 0 Å². The van der Waals surface area contributed by atoms with E-state index in [2.05, 4.69) is 5.32 Å². The number of carbonyl (C=O) groups is 1. The maximum Gasteiger partial charge on any atom is 0.320 e. The van der Waals surface area contributed by atoms with Crippen LogP contribution >= 0.6 is 0 Å². The Morgan fingerprint density at radius 1 is 1.25 bits per heavy atom. The van der Waals surface area contributed by atoms with Crippen LogP contribution in [0.25, 0.3) is 0 Å². The average Bonchev–Trinajstić information content (AvgIpc) is 2.71. The third kappa shape index (κ3) is 2.24. The van der Waals surface area contributed by atoms with Crippen LogP contribution in [0.1, 0.15) is 58.3 Å². The first kappa shape index (κ1) is 11.9. The Morgan fingerprint density at radius 3 is 2.38 bits per heavy atom. The van der Waals surface area contributed by atoms with E-state index >= 15 is 0 Å². The van der Waals surface area contributed by atoms with E-state index < -0.39 is 12.0 Å². The van der Waals surface area contributed by atoms with Crippen molar-refractivity contribution in [1.29, 1.82) is 0 Å². The van der Waals surface area contributed by atoms with Gasteiger partial charge >= 0.3 is 5.97 Å². The fourth-order valence-corrected chi connectivity index (χ4v) is 3.62. The van der Waals surface area contributed by atoms with Gasteiger partial charge in [-0.05, 0) is 38.0 Å². The predicted octanol–water partition coefficient (Wildman–Crippen LogP) is 2.55. The van der Waals surface area contributed by atoms with Crippen molar-refractivity contribution in [2.45, 2.75) is 70.4 Å². The number of hydrogen-bond acceptors (Lipinski definition) is 2. The molecular weight excluding hydrogens is 202 g/mol. The minimum atomic E-state index is -0.723. The molecule has 16 heavy (non-hydrogen) atoms. The molecule has 1 spiro atoms. The lowest BCUT2D eigenvalue weighted by Gasteiger charge is -2.43. The summed E-state index contributed by atoms with van der Waals surface area (Å²) in [5, 5.41) is 12.3. The Kier molecular flexibility index (Phi) is 3.53. The summed E-state index contributed by atoms with van der Waals surface area (Å²) in [5.74, 6) is -0.723. The Labute approximate surface area is 97.6 Å². The van der Waals surface area contributed by atoms with Crippen LogP contribution in [0.5, 0.6) is 0 Å². The summed E-state index contributed by atoms with van der Waals surface area (Å²) in [4.78, 5) is 10.9. The first-order valence-corrected chi connectivity index (χ1v) is 6.63. The van der Waals surface area contributed by atoms with Crippen molar-refractivity contribution in [1.82, 2.24) is 5.32 Å². The highest BCUT2D eigenvalue weighted by atomic mass is 16.4. The lowest BCUT2D eigenvalue weighted by atomic mass is 9.69. The largest absolute Gasteiger partial charge is 0.480 e. The predicted molar refractivity (Wildman–Crippen MR) is 63.4 cm³/mol. The molecule has 0 radical (unpaired) electrons. The standard InChI is InChI=1S/C13H23NO2/c1-10(12(15)16)14-11-6-2-3-7-13(11)8-4-5-9-13/h10-11,14H,2-9H2,1H3,(H,15,16)/t10-,11?/m0/s1. The van der Waals surface area contributed by atoms with Crippen molar-refractivity contribution in [2.75, 3.05) is 0 Å². The molecule has 2 atom stereocenters. The molecule has 2 N–H and O–H groups in total. The van der Waals surface area contributed by atoms with Crippen LogP contribution in [-0.4, -0.2) is 23.2 Å². The molecular formula is C13H23NO2. The van der Waals surface area contributed by atoms with Crippen LogP contribution in [0.4, 0.5) is 0 Å². The molecule has 2 fully saturated rings. The van der Waals surface area contributed by atoms with Crippen molar-refractivity contribution < 1.29 is 9.90 Å². The molecule has 0 amide bonds. The second-order valence-electron chi connectivity index (χ2n) is 5.59. The molecule has 0 saturated heterocycles. The van der Waals surface area contributed by atoms with Gasteiger partial charge in [0.05, 0.1) is 0 Å².